The lowest BCUT2D eigenvalue weighted by Gasteiger charge is -2.18. The minimum Gasteiger partial charge on any atom is -0.312 e. The molecule has 1 nitrogen and oxygen atoms in total. The van der Waals surface area contributed by atoms with E-state index in [2.05, 4.69) is 55.9 Å². The minimum absolute atomic E-state index is 0.449. The van der Waals surface area contributed by atoms with E-state index in [0.717, 1.165) is 5.75 Å². The first-order valence-corrected chi connectivity index (χ1v) is 7.90. The normalized spacial score (nSPS) is 13.4. The molecule has 17 heavy (non-hydrogen) atoms. The summed E-state index contributed by atoms with van der Waals surface area (Å²) in [7, 11) is 2.05. The Balaban J connectivity index is 2.26. The summed E-state index contributed by atoms with van der Waals surface area (Å²) in [6.07, 6.45) is 0. The topological polar surface area (TPSA) is 12.0 Å². The zero-order valence-electron chi connectivity index (χ0n) is 10.6. The van der Waals surface area contributed by atoms with Crippen LogP contribution in [0.1, 0.15) is 25.5 Å². The molecule has 0 aliphatic heterocycles. The van der Waals surface area contributed by atoms with Crippen LogP contribution in [0.3, 0.4) is 0 Å². The standard InChI is InChI=1S/C14H19NS2/c1-10(2)17-9-13(15-3)12-6-4-5-11-7-8-16-14(11)12/h4-8,10,13,15H,9H2,1-3H3. The van der Waals surface area contributed by atoms with Crippen LogP contribution in [0, 0.1) is 0 Å². The van der Waals surface area contributed by atoms with Gasteiger partial charge in [-0.15, -0.1) is 11.3 Å². The van der Waals surface area contributed by atoms with Gasteiger partial charge in [-0.05, 0) is 34.7 Å². The summed E-state index contributed by atoms with van der Waals surface area (Å²) in [6.45, 7) is 4.51. The third kappa shape index (κ3) is 3.03. The lowest BCUT2D eigenvalue weighted by molar-refractivity contribution is 0.666. The molecule has 0 radical (unpaired) electrons. The van der Waals surface area contributed by atoms with Crippen molar-refractivity contribution >= 4 is 33.2 Å². The van der Waals surface area contributed by atoms with Crippen molar-refractivity contribution in [3.63, 3.8) is 0 Å². The molecule has 0 aliphatic carbocycles. The van der Waals surface area contributed by atoms with Gasteiger partial charge in [-0.3, -0.25) is 0 Å². The molecule has 92 valence electrons. The average Bonchev–Trinajstić information content (AvgIpc) is 2.78. The van der Waals surface area contributed by atoms with Crippen LogP contribution < -0.4 is 5.32 Å². The van der Waals surface area contributed by atoms with Crippen LogP contribution in [0.25, 0.3) is 10.1 Å². The summed E-state index contributed by atoms with van der Waals surface area (Å²) in [6, 6.07) is 9.25. The summed E-state index contributed by atoms with van der Waals surface area (Å²) in [4.78, 5) is 0. The Bertz CT molecular complexity index is 476. The van der Waals surface area contributed by atoms with Gasteiger partial charge < -0.3 is 5.32 Å². The Morgan fingerprint density at radius 3 is 2.82 bits per heavy atom. The number of thioether (sulfide) groups is 1. The van der Waals surface area contributed by atoms with Crippen molar-refractivity contribution in [3.05, 3.63) is 35.2 Å². The van der Waals surface area contributed by atoms with Gasteiger partial charge in [0, 0.05) is 16.5 Å². The zero-order chi connectivity index (χ0) is 12.3. The summed E-state index contributed by atoms with van der Waals surface area (Å²) < 4.78 is 1.43. The van der Waals surface area contributed by atoms with E-state index in [9.17, 15) is 0 Å². The molecule has 2 aromatic rings. The number of rotatable bonds is 5. The maximum absolute atomic E-state index is 3.44. The Morgan fingerprint density at radius 2 is 2.12 bits per heavy atom. The van der Waals surface area contributed by atoms with Crippen molar-refractivity contribution in [1.82, 2.24) is 5.32 Å². The SMILES string of the molecule is CNC(CSC(C)C)c1cccc2ccsc12. The fraction of sp³-hybridized carbons (Fsp3) is 0.429. The first kappa shape index (κ1) is 12.9. The van der Waals surface area contributed by atoms with Crippen molar-refractivity contribution in [2.45, 2.75) is 25.1 Å². The minimum atomic E-state index is 0.449. The summed E-state index contributed by atoms with van der Waals surface area (Å²) in [5.41, 5.74) is 1.44. The molecule has 0 spiro atoms. The molecule has 1 unspecified atom stereocenters. The molecule has 1 aromatic heterocycles. The van der Waals surface area contributed by atoms with E-state index in [1.165, 1.54) is 15.6 Å². The van der Waals surface area contributed by atoms with Crippen LogP contribution >= 0.6 is 23.1 Å². The Labute approximate surface area is 112 Å². The highest BCUT2D eigenvalue weighted by Gasteiger charge is 2.13. The second-order valence-electron chi connectivity index (χ2n) is 4.41. The van der Waals surface area contributed by atoms with E-state index in [4.69, 9.17) is 0 Å². The highest BCUT2D eigenvalue weighted by atomic mass is 32.2. The maximum atomic E-state index is 3.44. The molecule has 0 aliphatic rings. The van der Waals surface area contributed by atoms with Gasteiger partial charge in [0.1, 0.15) is 0 Å². The van der Waals surface area contributed by atoms with Crippen LogP contribution in [0.2, 0.25) is 0 Å². The number of hydrogen-bond acceptors (Lipinski definition) is 3. The number of fused-ring (bicyclic) bond motifs is 1. The van der Waals surface area contributed by atoms with Crippen molar-refractivity contribution in [3.8, 4) is 0 Å². The molecule has 1 N–H and O–H groups in total. The molecule has 1 aromatic carbocycles. The number of nitrogens with one attached hydrogen (secondary N) is 1. The monoisotopic (exact) mass is 265 g/mol. The molecular weight excluding hydrogens is 246 g/mol. The van der Waals surface area contributed by atoms with Gasteiger partial charge >= 0.3 is 0 Å². The summed E-state index contributed by atoms with van der Waals surface area (Å²) >= 11 is 3.85. The maximum Gasteiger partial charge on any atom is 0.0423 e. The largest absolute Gasteiger partial charge is 0.312 e. The van der Waals surface area contributed by atoms with E-state index in [1.807, 2.05) is 23.1 Å². The van der Waals surface area contributed by atoms with Gasteiger partial charge in [-0.25, -0.2) is 0 Å². The quantitative estimate of drug-likeness (QED) is 0.865. The van der Waals surface area contributed by atoms with Gasteiger partial charge in [0.2, 0.25) is 0 Å². The number of thiophene rings is 1. The molecule has 0 amide bonds. The van der Waals surface area contributed by atoms with Gasteiger partial charge in [0.25, 0.3) is 0 Å². The Morgan fingerprint density at radius 1 is 1.29 bits per heavy atom. The molecule has 0 bridgehead atoms. The first-order chi connectivity index (χ1) is 8.22. The van der Waals surface area contributed by atoms with E-state index in [0.29, 0.717) is 11.3 Å². The molecular formula is C14H19NS2. The van der Waals surface area contributed by atoms with Crippen molar-refractivity contribution in [2.75, 3.05) is 12.8 Å². The fourth-order valence-electron chi connectivity index (χ4n) is 1.91. The van der Waals surface area contributed by atoms with Crippen LogP contribution in [-0.2, 0) is 0 Å². The molecule has 0 saturated carbocycles. The van der Waals surface area contributed by atoms with Crippen LogP contribution in [0.4, 0.5) is 0 Å². The van der Waals surface area contributed by atoms with Crippen molar-refractivity contribution in [1.29, 1.82) is 0 Å². The lowest BCUT2D eigenvalue weighted by atomic mass is 10.1. The smallest absolute Gasteiger partial charge is 0.0423 e. The molecule has 1 atom stereocenters. The van der Waals surface area contributed by atoms with Gasteiger partial charge in [-0.1, -0.05) is 32.0 Å². The predicted octanol–water partition coefficient (Wildman–Crippen LogP) is 4.30. The van der Waals surface area contributed by atoms with Crippen LogP contribution in [0.5, 0.6) is 0 Å². The number of benzene rings is 1. The lowest BCUT2D eigenvalue weighted by Crippen LogP contribution is -2.19. The molecule has 0 saturated heterocycles. The average molecular weight is 265 g/mol. The summed E-state index contributed by atoms with van der Waals surface area (Å²) in [5, 5.41) is 7.67. The van der Waals surface area contributed by atoms with Gasteiger partial charge in [0.15, 0.2) is 0 Å². The summed E-state index contributed by atoms with van der Waals surface area (Å²) in [5.74, 6) is 1.13. The second-order valence-corrected chi connectivity index (χ2v) is 6.94. The Hall–Kier alpha value is -0.510. The predicted molar refractivity (Wildman–Crippen MR) is 81.2 cm³/mol. The molecule has 0 fully saturated rings. The van der Waals surface area contributed by atoms with Gasteiger partial charge in [-0.2, -0.15) is 11.8 Å². The highest BCUT2D eigenvalue weighted by Crippen LogP contribution is 2.31. The molecule has 1 heterocycles. The Kier molecular flexibility index (Phi) is 4.48. The zero-order valence-corrected chi connectivity index (χ0v) is 12.2. The fourth-order valence-corrected chi connectivity index (χ4v) is 3.80. The second kappa shape index (κ2) is 5.89. The van der Waals surface area contributed by atoms with Crippen molar-refractivity contribution < 1.29 is 0 Å². The third-order valence-electron chi connectivity index (χ3n) is 2.83. The van der Waals surface area contributed by atoms with E-state index in [1.54, 1.807) is 0 Å². The molecule has 3 heteroatoms. The third-order valence-corrected chi connectivity index (χ3v) is 5.00. The first-order valence-electron chi connectivity index (χ1n) is 5.97. The van der Waals surface area contributed by atoms with E-state index < -0.39 is 0 Å². The van der Waals surface area contributed by atoms with Crippen LogP contribution in [-0.4, -0.2) is 18.1 Å². The van der Waals surface area contributed by atoms with Gasteiger partial charge in [0.05, 0.1) is 0 Å². The highest BCUT2D eigenvalue weighted by molar-refractivity contribution is 7.99. The van der Waals surface area contributed by atoms with E-state index in [-0.39, 0.29) is 0 Å². The van der Waals surface area contributed by atoms with E-state index >= 15 is 0 Å². The van der Waals surface area contributed by atoms with Crippen LogP contribution in [0.15, 0.2) is 29.6 Å². The van der Waals surface area contributed by atoms with Crippen molar-refractivity contribution in [2.24, 2.45) is 0 Å². The molecule has 2 rings (SSSR count). The number of hydrogen-bond donors (Lipinski definition) is 1.